The van der Waals surface area contributed by atoms with Gasteiger partial charge in [-0.15, -0.1) is 0 Å². The molecule has 0 N–H and O–H groups in total. The van der Waals surface area contributed by atoms with Gasteiger partial charge in [0.2, 0.25) is 0 Å². The van der Waals surface area contributed by atoms with E-state index in [1.165, 1.54) is 0 Å². The second-order valence-electron chi connectivity index (χ2n) is 4.26. The Kier molecular flexibility index (Phi) is 3.30. The summed E-state index contributed by atoms with van der Waals surface area (Å²) in [6.07, 6.45) is 0. The highest BCUT2D eigenvalue weighted by Crippen LogP contribution is 2.13. The summed E-state index contributed by atoms with van der Waals surface area (Å²) in [6.45, 7) is 0. The summed E-state index contributed by atoms with van der Waals surface area (Å²) in [5, 5.41) is 1.62. The first-order valence-electron chi connectivity index (χ1n) is 5.91. The minimum absolute atomic E-state index is 0.00949. The SMILES string of the molecule is [N-]=[N+]=c1c(=O)c2ccccc2c1=Nc1ccc(I)cc1. The van der Waals surface area contributed by atoms with Crippen LogP contribution in [0.5, 0.6) is 0 Å². The number of benzene rings is 2. The largest absolute Gasteiger partial charge is 0.388 e. The van der Waals surface area contributed by atoms with Crippen LogP contribution >= 0.6 is 22.6 Å². The predicted molar refractivity (Wildman–Crippen MR) is 83.7 cm³/mol. The van der Waals surface area contributed by atoms with Crippen molar-refractivity contribution < 1.29 is 4.79 Å². The van der Waals surface area contributed by atoms with Gasteiger partial charge in [-0.05, 0) is 46.9 Å². The van der Waals surface area contributed by atoms with Crippen LogP contribution in [0, 0.1) is 3.57 Å². The van der Waals surface area contributed by atoms with Gasteiger partial charge < -0.3 is 5.53 Å². The van der Waals surface area contributed by atoms with E-state index in [-0.39, 0.29) is 10.8 Å². The summed E-state index contributed by atoms with van der Waals surface area (Å²) in [4.78, 5) is 19.7. The van der Waals surface area contributed by atoms with Gasteiger partial charge in [-0.1, -0.05) is 24.3 Å². The lowest BCUT2D eigenvalue weighted by molar-refractivity contribution is -0.0677. The summed E-state index contributed by atoms with van der Waals surface area (Å²) >= 11 is 2.21. The molecule has 20 heavy (non-hydrogen) atoms. The third-order valence-electron chi connectivity index (χ3n) is 3.03. The maximum absolute atomic E-state index is 12.1. The van der Waals surface area contributed by atoms with Crippen molar-refractivity contribution in [3.8, 4) is 0 Å². The van der Waals surface area contributed by atoms with Crippen molar-refractivity contribution in [2.75, 3.05) is 0 Å². The molecule has 0 saturated carbocycles. The van der Waals surface area contributed by atoms with Crippen molar-refractivity contribution in [1.29, 1.82) is 0 Å². The molecular weight excluding hydrogens is 365 g/mol. The zero-order valence-corrected chi connectivity index (χ0v) is 12.4. The van der Waals surface area contributed by atoms with Crippen molar-refractivity contribution in [3.63, 3.8) is 0 Å². The molecular formula is C15H8IN3O. The maximum Gasteiger partial charge on any atom is 0.388 e. The van der Waals surface area contributed by atoms with E-state index in [9.17, 15) is 4.79 Å². The summed E-state index contributed by atoms with van der Waals surface area (Å²) in [5.41, 5.74) is 9.50. The molecule has 0 fully saturated rings. The lowest BCUT2D eigenvalue weighted by atomic mass is 10.2. The van der Waals surface area contributed by atoms with Crippen LogP contribution in [0.3, 0.4) is 0 Å². The fraction of sp³-hybridized carbons (Fsp3) is 0. The summed E-state index contributed by atoms with van der Waals surface area (Å²) in [5.74, 6) is 0. The molecule has 0 atom stereocenters. The number of halogens is 1. The molecule has 0 unspecified atom stereocenters. The molecule has 3 aromatic carbocycles. The summed E-state index contributed by atoms with van der Waals surface area (Å²) < 4.78 is 1.10. The molecule has 3 aromatic rings. The first-order chi connectivity index (χ1) is 9.70. The number of hydrogen-bond donors (Lipinski definition) is 0. The predicted octanol–water partition coefficient (Wildman–Crippen LogP) is 2.04. The second-order valence-corrected chi connectivity index (χ2v) is 5.51. The third kappa shape index (κ3) is 2.11. The summed E-state index contributed by atoms with van der Waals surface area (Å²) in [7, 11) is 0. The van der Waals surface area contributed by atoms with Crippen molar-refractivity contribution in [2.24, 2.45) is 4.99 Å². The zero-order chi connectivity index (χ0) is 14.1. The molecule has 0 radical (unpaired) electrons. The van der Waals surface area contributed by atoms with E-state index < -0.39 is 0 Å². The number of hydrogen-bond acceptors (Lipinski definition) is 2. The fourth-order valence-corrected chi connectivity index (χ4v) is 2.46. The fourth-order valence-electron chi connectivity index (χ4n) is 2.10. The minimum atomic E-state index is -0.299. The van der Waals surface area contributed by atoms with E-state index in [1.54, 1.807) is 18.2 Å². The highest BCUT2D eigenvalue weighted by molar-refractivity contribution is 14.1. The van der Waals surface area contributed by atoms with Gasteiger partial charge >= 0.3 is 5.36 Å². The highest BCUT2D eigenvalue weighted by atomic mass is 127. The normalized spacial score (nSPS) is 11.8. The third-order valence-corrected chi connectivity index (χ3v) is 3.75. The van der Waals surface area contributed by atoms with Crippen LogP contribution in [0.25, 0.3) is 16.3 Å². The second kappa shape index (κ2) is 5.11. The van der Waals surface area contributed by atoms with Crippen LogP contribution in [0.4, 0.5) is 5.69 Å². The maximum atomic E-state index is 12.1. The molecule has 0 bridgehead atoms. The van der Waals surface area contributed by atoms with Gasteiger partial charge in [-0.25, -0.2) is 4.99 Å². The lowest BCUT2D eigenvalue weighted by Gasteiger charge is -1.92. The van der Waals surface area contributed by atoms with Crippen molar-refractivity contribution in [2.45, 2.75) is 0 Å². The van der Waals surface area contributed by atoms with Gasteiger partial charge in [-0.2, -0.15) is 4.79 Å². The quantitative estimate of drug-likeness (QED) is 0.366. The van der Waals surface area contributed by atoms with Crippen molar-refractivity contribution in [3.05, 3.63) is 78.6 Å². The Labute approximate surface area is 127 Å². The van der Waals surface area contributed by atoms with E-state index in [2.05, 4.69) is 32.4 Å². The number of rotatable bonds is 1. The van der Waals surface area contributed by atoms with Crippen LogP contribution in [0.15, 0.2) is 58.3 Å². The van der Waals surface area contributed by atoms with E-state index in [0.29, 0.717) is 21.8 Å². The molecule has 0 saturated heterocycles. The monoisotopic (exact) mass is 373 g/mol. The van der Waals surface area contributed by atoms with Crippen LogP contribution in [-0.4, -0.2) is 4.79 Å². The molecule has 4 nitrogen and oxygen atoms in total. The molecule has 3 rings (SSSR count). The van der Waals surface area contributed by atoms with Gasteiger partial charge in [0.25, 0.3) is 5.43 Å². The van der Waals surface area contributed by atoms with Gasteiger partial charge in [0.1, 0.15) is 0 Å². The van der Waals surface area contributed by atoms with Gasteiger partial charge in [0, 0.05) is 14.3 Å². The average molecular weight is 373 g/mol. The minimum Gasteiger partial charge on any atom is -0.361 e. The summed E-state index contributed by atoms with van der Waals surface area (Å²) in [6, 6.07) is 14.7. The molecule has 0 spiro atoms. The first kappa shape index (κ1) is 12.9. The Morgan fingerprint density at radius 1 is 1.00 bits per heavy atom. The first-order valence-corrected chi connectivity index (χ1v) is 6.99. The molecule has 0 aromatic heterocycles. The molecule has 0 aliphatic carbocycles. The van der Waals surface area contributed by atoms with Crippen molar-refractivity contribution in [1.82, 2.24) is 0 Å². The molecule has 0 aliphatic rings. The van der Waals surface area contributed by atoms with E-state index in [1.807, 2.05) is 30.3 Å². The topological polar surface area (TPSA) is 65.8 Å². The van der Waals surface area contributed by atoms with Crippen LogP contribution in [-0.2, 0) is 0 Å². The Morgan fingerprint density at radius 3 is 2.30 bits per heavy atom. The van der Waals surface area contributed by atoms with E-state index >= 15 is 0 Å². The smallest absolute Gasteiger partial charge is 0.361 e. The Hall–Kier alpha value is -2.11. The molecule has 0 heterocycles. The Bertz CT molecular complexity index is 977. The molecule has 96 valence electrons. The Morgan fingerprint density at radius 2 is 1.65 bits per heavy atom. The van der Waals surface area contributed by atoms with Crippen molar-refractivity contribution >= 4 is 39.1 Å². The standard InChI is InChI=1S/C15H8IN3O/c16-9-5-7-10(8-6-9)18-13-11-3-1-2-4-12(11)15(20)14(13)19-17/h1-8H. The lowest BCUT2D eigenvalue weighted by Crippen LogP contribution is -2.33. The van der Waals surface area contributed by atoms with Gasteiger partial charge in [-0.3, -0.25) is 4.79 Å². The molecule has 0 amide bonds. The number of nitrogens with zero attached hydrogens (tertiary/aromatic N) is 3. The van der Waals surface area contributed by atoms with Crippen LogP contribution in [0.2, 0.25) is 0 Å². The van der Waals surface area contributed by atoms with Gasteiger partial charge in [0.05, 0.1) is 5.69 Å². The van der Waals surface area contributed by atoms with Gasteiger partial charge in [0.15, 0.2) is 5.36 Å². The zero-order valence-electron chi connectivity index (χ0n) is 10.2. The van der Waals surface area contributed by atoms with E-state index in [0.717, 1.165) is 3.57 Å². The average Bonchev–Trinajstić information content (AvgIpc) is 2.74. The molecule has 5 heteroatoms. The molecule has 0 aliphatic heterocycles. The highest BCUT2D eigenvalue weighted by Gasteiger charge is 2.14. The van der Waals surface area contributed by atoms with Crippen LogP contribution in [0.1, 0.15) is 0 Å². The Balaban J connectivity index is 2.45. The van der Waals surface area contributed by atoms with Crippen LogP contribution < -0.4 is 16.1 Å². The van der Waals surface area contributed by atoms with E-state index in [4.69, 9.17) is 5.53 Å². The number of fused-ring (bicyclic) bond motifs is 1.